The Labute approximate surface area is 122 Å². The third kappa shape index (κ3) is 4.41. The van der Waals surface area contributed by atoms with Crippen LogP contribution in [0.5, 0.6) is 5.88 Å². The monoisotopic (exact) mass is 288 g/mol. The van der Waals surface area contributed by atoms with Gasteiger partial charge in [-0.25, -0.2) is 14.8 Å². The second-order valence-electron chi connectivity index (χ2n) is 4.28. The molecule has 0 unspecified atom stereocenters. The molecule has 7 nitrogen and oxygen atoms in total. The highest BCUT2D eigenvalue weighted by Gasteiger charge is 2.04. The van der Waals surface area contributed by atoms with Crippen molar-refractivity contribution in [2.45, 2.75) is 19.9 Å². The number of nitrogens with one attached hydrogen (secondary N) is 1. The van der Waals surface area contributed by atoms with E-state index in [0.717, 1.165) is 12.0 Å². The van der Waals surface area contributed by atoms with Crippen LogP contribution >= 0.6 is 0 Å². The third-order valence-electron chi connectivity index (χ3n) is 2.58. The van der Waals surface area contributed by atoms with Gasteiger partial charge in [0.15, 0.2) is 0 Å². The lowest BCUT2D eigenvalue weighted by Crippen LogP contribution is -2.06. The zero-order chi connectivity index (χ0) is 15.1. The van der Waals surface area contributed by atoms with Crippen molar-refractivity contribution in [2.75, 3.05) is 11.9 Å². The number of anilines is 1. The number of rotatable bonds is 7. The largest absolute Gasteiger partial charge is 0.478 e. The molecule has 0 spiro atoms. The van der Waals surface area contributed by atoms with Crippen LogP contribution in [0, 0.1) is 0 Å². The van der Waals surface area contributed by atoms with Gasteiger partial charge in [0, 0.05) is 25.0 Å². The summed E-state index contributed by atoms with van der Waals surface area (Å²) < 4.78 is 5.42. The van der Waals surface area contributed by atoms with Gasteiger partial charge < -0.3 is 15.2 Å². The zero-order valence-electron chi connectivity index (χ0n) is 11.6. The lowest BCUT2D eigenvalue weighted by molar-refractivity contribution is 0.0690. The predicted molar refractivity (Wildman–Crippen MR) is 76.3 cm³/mol. The average Bonchev–Trinajstić information content (AvgIpc) is 2.52. The molecule has 2 N–H and O–H groups in total. The fraction of sp³-hybridized carbons (Fsp3) is 0.286. The van der Waals surface area contributed by atoms with Crippen LogP contribution in [-0.4, -0.2) is 32.6 Å². The Morgan fingerprint density at radius 2 is 2.19 bits per heavy atom. The van der Waals surface area contributed by atoms with E-state index in [9.17, 15) is 4.79 Å². The van der Waals surface area contributed by atoms with E-state index in [4.69, 9.17) is 9.84 Å². The summed E-state index contributed by atoms with van der Waals surface area (Å²) in [7, 11) is 0. The molecule has 2 rings (SSSR count). The smallest absolute Gasteiger partial charge is 0.354 e. The number of aromatic nitrogens is 3. The maximum Gasteiger partial charge on any atom is 0.354 e. The highest BCUT2D eigenvalue weighted by molar-refractivity contribution is 5.85. The van der Waals surface area contributed by atoms with Crippen LogP contribution in [0.1, 0.15) is 29.4 Å². The lowest BCUT2D eigenvalue weighted by Gasteiger charge is -2.07. The predicted octanol–water partition coefficient (Wildman–Crippen LogP) is 1.97. The molecule has 0 aliphatic rings. The van der Waals surface area contributed by atoms with Gasteiger partial charge >= 0.3 is 5.97 Å². The fourth-order valence-corrected chi connectivity index (χ4v) is 1.55. The minimum atomic E-state index is -1.04. The minimum absolute atomic E-state index is 0.0185. The summed E-state index contributed by atoms with van der Waals surface area (Å²) in [4.78, 5) is 22.9. The van der Waals surface area contributed by atoms with Gasteiger partial charge in [0.25, 0.3) is 0 Å². The molecule has 0 atom stereocenters. The molecule has 0 aliphatic carbocycles. The molecule has 0 saturated heterocycles. The van der Waals surface area contributed by atoms with Gasteiger partial charge in [-0.05, 0) is 18.1 Å². The highest BCUT2D eigenvalue weighted by Crippen LogP contribution is 2.10. The van der Waals surface area contributed by atoms with Crippen LogP contribution < -0.4 is 10.1 Å². The van der Waals surface area contributed by atoms with Gasteiger partial charge in [-0.1, -0.05) is 13.0 Å². The molecule has 0 aromatic carbocycles. The van der Waals surface area contributed by atoms with Crippen molar-refractivity contribution in [3.05, 3.63) is 41.9 Å². The number of carboxylic acids is 1. The van der Waals surface area contributed by atoms with Crippen molar-refractivity contribution in [3.63, 3.8) is 0 Å². The van der Waals surface area contributed by atoms with E-state index in [1.54, 1.807) is 18.3 Å². The number of hydrogen-bond donors (Lipinski definition) is 2. The molecule has 110 valence electrons. The second kappa shape index (κ2) is 7.18. The summed E-state index contributed by atoms with van der Waals surface area (Å²) in [5.74, 6) is -0.0711. The summed E-state index contributed by atoms with van der Waals surface area (Å²) in [6.07, 6.45) is 4.04. The quantitative estimate of drug-likeness (QED) is 0.803. The molecule has 0 bridgehead atoms. The van der Waals surface area contributed by atoms with Crippen LogP contribution in [0.4, 0.5) is 5.95 Å². The number of carbonyl (C=O) groups is 1. The van der Waals surface area contributed by atoms with Gasteiger partial charge in [-0.3, -0.25) is 0 Å². The molecular weight excluding hydrogens is 272 g/mol. The summed E-state index contributed by atoms with van der Waals surface area (Å²) >= 11 is 0. The van der Waals surface area contributed by atoms with Gasteiger partial charge in [-0.2, -0.15) is 4.98 Å². The Morgan fingerprint density at radius 1 is 1.33 bits per heavy atom. The summed E-state index contributed by atoms with van der Waals surface area (Å²) in [5, 5.41) is 11.8. The molecule has 0 amide bonds. The average molecular weight is 288 g/mol. The standard InChI is InChI=1S/C14H16N4O3/c1-2-7-21-12-5-6-15-14(18-12)17-9-10-3-4-11(13(19)20)16-8-10/h3-6,8H,2,7,9H2,1H3,(H,19,20)(H,15,17,18). The van der Waals surface area contributed by atoms with Gasteiger partial charge in [0.05, 0.1) is 6.61 Å². The second-order valence-corrected chi connectivity index (χ2v) is 4.28. The molecule has 2 aromatic rings. The molecule has 0 fully saturated rings. The van der Waals surface area contributed by atoms with Gasteiger partial charge in [-0.15, -0.1) is 0 Å². The number of hydrogen-bond acceptors (Lipinski definition) is 6. The third-order valence-corrected chi connectivity index (χ3v) is 2.58. The highest BCUT2D eigenvalue weighted by atomic mass is 16.5. The van der Waals surface area contributed by atoms with Crippen LogP contribution in [-0.2, 0) is 6.54 Å². The van der Waals surface area contributed by atoms with Gasteiger partial charge in [0.2, 0.25) is 11.8 Å². The molecule has 2 aromatic heterocycles. The normalized spacial score (nSPS) is 10.1. The zero-order valence-corrected chi connectivity index (χ0v) is 11.6. The molecule has 2 heterocycles. The first kappa shape index (κ1) is 14.7. The molecule has 21 heavy (non-hydrogen) atoms. The van der Waals surface area contributed by atoms with E-state index in [1.807, 2.05) is 6.92 Å². The molecule has 0 radical (unpaired) electrons. The Balaban J connectivity index is 1.94. The molecule has 0 aliphatic heterocycles. The van der Waals surface area contributed by atoms with E-state index in [-0.39, 0.29) is 5.69 Å². The van der Waals surface area contributed by atoms with Crippen molar-refractivity contribution >= 4 is 11.9 Å². The Bertz CT molecular complexity index is 601. The summed E-state index contributed by atoms with van der Waals surface area (Å²) in [6, 6.07) is 4.85. The first-order valence-electron chi connectivity index (χ1n) is 6.57. The number of pyridine rings is 1. The van der Waals surface area contributed by atoms with Crippen molar-refractivity contribution in [1.29, 1.82) is 0 Å². The molecule has 0 saturated carbocycles. The minimum Gasteiger partial charge on any atom is -0.478 e. The summed E-state index contributed by atoms with van der Waals surface area (Å²) in [6.45, 7) is 3.08. The Morgan fingerprint density at radius 3 is 2.86 bits per heavy atom. The number of aromatic carboxylic acids is 1. The van der Waals surface area contributed by atoms with Crippen molar-refractivity contribution in [3.8, 4) is 5.88 Å². The topological polar surface area (TPSA) is 97.2 Å². The van der Waals surface area contributed by atoms with E-state index in [0.29, 0.717) is 25.0 Å². The van der Waals surface area contributed by atoms with Crippen LogP contribution in [0.3, 0.4) is 0 Å². The fourth-order valence-electron chi connectivity index (χ4n) is 1.55. The number of carboxylic acid groups (broad SMARTS) is 1. The van der Waals surface area contributed by atoms with E-state index in [2.05, 4.69) is 20.3 Å². The van der Waals surface area contributed by atoms with Crippen molar-refractivity contribution in [2.24, 2.45) is 0 Å². The first-order chi connectivity index (χ1) is 10.2. The number of ether oxygens (including phenoxy) is 1. The SMILES string of the molecule is CCCOc1ccnc(NCc2ccc(C(=O)O)nc2)n1. The van der Waals surface area contributed by atoms with Crippen LogP contribution in [0.15, 0.2) is 30.6 Å². The first-order valence-corrected chi connectivity index (χ1v) is 6.57. The maximum atomic E-state index is 10.7. The number of nitrogens with zero attached hydrogens (tertiary/aromatic N) is 3. The van der Waals surface area contributed by atoms with E-state index in [1.165, 1.54) is 12.3 Å². The van der Waals surface area contributed by atoms with E-state index < -0.39 is 5.97 Å². The maximum absolute atomic E-state index is 10.7. The Hall–Kier alpha value is -2.70. The van der Waals surface area contributed by atoms with E-state index >= 15 is 0 Å². The van der Waals surface area contributed by atoms with Crippen LogP contribution in [0.25, 0.3) is 0 Å². The Kier molecular flexibility index (Phi) is 5.03. The van der Waals surface area contributed by atoms with Crippen molar-refractivity contribution < 1.29 is 14.6 Å². The van der Waals surface area contributed by atoms with Crippen molar-refractivity contribution in [1.82, 2.24) is 15.0 Å². The molecular formula is C14H16N4O3. The lowest BCUT2D eigenvalue weighted by atomic mass is 10.2. The van der Waals surface area contributed by atoms with Crippen LogP contribution in [0.2, 0.25) is 0 Å². The molecule has 7 heteroatoms. The van der Waals surface area contributed by atoms with Gasteiger partial charge in [0.1, 0.15) is 5.69 Å². The summed E-state index contributed by atoms with van der Waals surface area (Å²) in [5.41, 5.74) is 0.855.